The van der Waals surface area contributed by atoms with Gasteiger partial charge in [0.15, 0.2) is 6.71 Å². The van der Waals surface area contributed by atoms with Crippen molar-refractivity contribution in [1.82, 2.24) is 15.7 Å². The van der Waals surface area contributed by atoms with Crippen LogP contribution < -0.4 is 15.7 Å². The number of amides is 2. The van der Waals surface area contributed by atoms with Gasteiger partial charge in [0.25, 0.3) is 0 Å². The highest BCUT2D eigenvalue weighted by atomic mass is 31.0. The lowest BCUT2D eigenvalue weighted by Gasteiger charge is -2.21. The lowest BCUT2D eigenvalue weighted by molar-refractivity contribution is -0.129. The maximum Gasteiger partial charge on any atom is 0.241 e. The van der Waals surface area contributed by atoms with E-state index in [0.29, 0.717) is 6.71 Å². The van der Waals surface area contributed by atoms with Crippen LogP contribution in [-0.2, 0) is 9.59 Å². The molecule has 0 aliphatic carbocycles. The normalized spacial score (nSPS) is 15.6. The van der Waals surface area contributed by atoms with Crippen molar-refractivity contribution >= 4 is 27.9 Å². The van der Waals surface area contributed by atoms with Gasteiger partial charge in [-0.25, -0.2) is 0 Å². The molecule has 17 heavy (non-hydrogen) atoms. The van der Waals surface area contributed by atoms with Crippen molar-refractivity contribution in [2.24, 2.45) is 0 Å². The summed E-state index contributed by atoms with van der Waals surface area (Å²) in [6.45, 7) is 9.79. The van der Waals surface area contributed by atoms with Gasteiger partial charge in [-0.2, -0.15) is 0 Å². The Balaban J connectivity index is 4.19. The van der Waals surface area contributed by atoms with E-state index >= 15 is 0 Å². The molecule has 7 heteroatoms. The van der Waals surface area contributed by atoms with Gasteiger partial charge >= 0.3 is 0 Å². The lowest BCUT2D eigenvalue weighted by atomic mass is 9.49. The fraction of sp³-hybridized carbons (Fsp3) is 0.800. The fourth-order valence-electron chi connectivity index (χ4n) is 0.996. The Hall–Kier alpha value is -0.605. The lowest BCUT2D eigenvalue weighted by Crippen LogP contribution is -2.52. The van der Waals surface area contributed by atoms with Gasteiger partial charge in [-0.15, -0.1) is 0 Å². The number of carbonyl (C=O) groups is 2. The fourth-order valence-corrected chi connectivity index (χ4v) is 1.15. The van der Waals surface area contributed by atoms with Crippen molar-refractivity contribution in [3.63, 3.8) is 0 Å². The minimum atomic E-state index is -0.524. The Morgan fingerprint density at radius 3 is 1.88 bits per heavy atom. The van der Waals surface area contributed by atoms with Crippen molar-refractivity contribution in [3.05, 3.63) is 0 Å². The van der Waals surface area contributed by atoms with E-state index in [1.165, 1.54) is 0 Å². The Morgan fingerprint density at radius 1 is 1.00 bits per heavy atom. The monoisotopic (exact) mass is 259 g/mol. The summed E-state index contributed by atoms with van der Waals surface area (Å²) in [4.78, 5) is 23.3. The summed E-state index contributed by atoms with van der Waals surface area (Å²) >= 11 is 0. The summed E-state index contributed by atoms with van der Waals surface area (Å²) in [7, 11) is 2.28. The molecular formula is C10H23BN3O2P. The summed E-state index contributed by atoms with van der Waals surface area (Å²) in [5.41, 5.74) is 0. The molecule has 0 radical (unpaired) electrons. The zero-order valence-electron chi connectivity index (χ0n) is 11.2. The summed E-state index contributed by atoms with van der Waals surface area (Å²) in [5, 5.41) is 8.25. The average Bonchev–Trinajstić information content (AvgIpc) is 2.27. The van der Waals surface area contributed by atoms with Crippen LogP contribution in [0.25, 0.3) is 0 Å². The van der Waals surface area contributed by atoms with Crippen LogP contribution in [0.3, 0.4) is 0 Å². The van der Waals surface area contributed by atoms with E-state index in [-0.39, 0.29) is 23.8 Å². The molecule has 0 aromatic carbocycles. The first-order valence-corrected chi connectivity index (χ1v) is 6.44. The molecule has 4 atom stereocenters. The van der Waals surface area contributed by atoms with E-state index in [0.717, 1.165) is 0 Å². The number of hydrogen-bond donors (Lipinski definition) is 3. The molecule has 5 nitrogen and oxygen atoms in total. The van der Waals surface area contributed by atoms with Gasteiger partial charge in [0.2, 0.25) is 11.8 Å². The van der Waals surface area contributed by atoms with Gasteiger partial charge in [0.05, 0.1) is 6.04 Å². The topological polar surface area (TPSA) is 70.2 Å². The van der Waals surface area contributed by atoms with Crippen molar-refractivity contribution in [1.29, 1.82) is 0 Å². The van der Waals surface area contributed by atoms with Crippen LogP contribution in [0.2, 0.25) is 13.6 Å². The molecule has 0 saturated heterocycles. The maximum atomic E-state index is 11.8. The summed E-state index contributed by atoms with van der Waals surface area (Å²) < 4.78 is 0. The highest BCUT2D eigenvalue weighted by Gasteiger charge is 2.21. The average molecular weight is 259 g/mol. The Kier molecular flexibility index (Phi) is 7.40. The second-order valence-electron chi connectivity index (χ2n) is 4.66. The van der Waals surface area contributed by atoms with Crippen molar-refractivity contribution in [2.45, 2.75) is 52.4 Å². The molecule has 0 aromatic rings. The first-order valence-electron chi connectivity index (χ1n) is 5.86. The maximum absolute atomic E-state index is 11.8. The minimum absolute atomic E-state index is 0.0964. The largest absolute Gasteiger partial charge is 0.359 e. The van der Waals surface area contributed by atoms with Gasteiger partial charge in [0.1, 0.15) is 6.04 Å². The minimum Gasteiger partial charge on any atom is -0.359 e. The second kappa shape index (κ2) is 7.67. The second-order valence-corrected chi connectivity index (χ2v) is 4.99. The van der Waals surface area contributed by atoms with Crippen LogP contribution in [0.4, 0.5) is 0 Å². The van der Waals surface area contributed by atoms with Gasteiger partial charge < -0.3 is 10.6 Å². The van der Waals surface area contributed by atoms with Gasteiger partial charge in [0, 0.05) is 5.94 Å². The molecule has 0 aliphatic rings. The molecule has 0 bridgehead atoms. The van der Waals surface area contributed by atoms with Crippen LogP contribution in [-0.4, -0.2) is 36.6 Å². The predicted octanol–water partition coefficient (Wildman–Crippen LogP) is 0.0576. The van der Waals surface area contributed by atoms with Crippen LogP contribution in [0.15, 0.2) is 0 Å². The molecule has 0 heterocycles. The SMILES string of the molecule is CB(C)[C@H](C)NC(=O)C(C)NC(=O)C(C)NP. The van der Waals surface area contributed by atoms with E-state index in [2.05, 4.69) is 25.1 Å². The third-order valence-corrected chi connectivity index (χ3v) is 3.27. The number of rotatable bonds is 6. The van der Waals surface area contributed by atoms with E-state index in [9.17, 15) is 9.59 Å². The summed E-state index contributed by atoms with van der Waals surface area (Å²) in [6, 6.07) is -0.859. The van der Waals surface area contributed by atoms with E-state index < -0.39 is 6.04 Å². The number of hydrogen-bond acceptors (Lipinski definition) is 3. The zero-order chi connectivity index (χ0) is 13.6. The predicted molar refractivity (Wildman–Crippen MR) is 75.0 cm³/mol. The third-order valence-electron chi connectivity index (χ3n) is 2.77. The highest BCUT2D eigenvalue weighted by Crippen LogP contribution is 1.93. The van der Waals surface area contributed by atoms with Crippen molar-refractivity contribution in [3.8, 4) is 0 Å². The molecule has 98 valence electrons. The Morgan fingerprint density at radius 2 is 1.47 bits per heavy atom. The van der Waals surface area contributed by atoms with Crippen LogP contribution in [0, 0.1) is 0 Å². The van der Waals surface area contributed by atoms with Crippen LogP contribution >= 0.6 is 9.39 Å². The quantitative estimate of drug-likeness (QED) is 0.466. The standard InChI is InChI=1S/C10H23BN3O2P/c1-6(12-10(16)7(2)14-17)9(15)13-8(3)11(4)5/h6-8,14H,17H2,1-5H3,(H,12,16)(H,13,15)/t6?,7?,8-/m0/s1. The number of carbonyl (C=O) groups excluding carboxylic acids is 2. The molecule has 0 saturated carbocycles. The highest BCUT2D eigenvalue weighted by molar-refractivity contribution is 7.13. The van der Waals surface area contributed by atoms with E-state index in [4.69, 9.17) is 0 Å². The summed E-state index contributed by atoms with van der Waals surface area (Å²) in [5.74, 6) is -0.255. The van der Waals surface area contributed by atoms with E-state index in [1.807, 2.05) is 20.6 Å². The van der Waals surface area contributed by atoms with Gasteiger partial charge in [-0.3, -0.25) is 14.7 Å². The van der Waals surface area contributed by atoms with Crippen molar-refractivity contribution in [2.75, 3.05) is 0 Å². The zero-order valence-corrected chi connectivity index (χ0v) is 12.4. The Bertz CT molecular complexity index is 276. The molecule has 0 fully saturated rings. The molecule has 0 aromatic heterocycles. The Labute approximate surface area is 106 Å². The molecule has 3 unspecified atom stereocenters. The smallest absolute Gasteiger partial charge is 0.241 e. The molecular weight excluding hydrogens is 236 g/mol. The molecule has 0 aliphatic heterocycles. The first-order chi connectivity index (χ1) is 7.79. The summed E-state index contributed by atoms with van der Waals surface area (Å²) in [6.07, 6.45) is 0. The molecule has 2 amide bonds. The first kappa shape index (κ1) is 16.4. The molecule has 0 rings (SSSR count). The third kappa shape index (κ3) is 6.03. The molecule has 3 N–H and O–H groups in total. The van der Waals surface area contributed by atoms with Gasteiger partial charge in [-0.05, 0) is 13.8 Å². The van der Waals surface area contributed by atoms with Crippen LogP contribution in [0.1, 0.15) is 20.8 Å². The van der Waals surface area contributed by atoms with Crippen molar-refractivity contribution < 1.29 is 9.59 Å². The molecule has 0 spiro atoms. The van der Waals surface area contributed by atoms with E-state index in [1.54, 1.807) is 13.8 Å². The van der Waals surface area contributed by atoms with Gasteiger partial charge in [-0.1, -0.05) is 30.0 Å². The number of nitrogens with one attached hydrogen (secondary N) is 3. The van der Waals surface area contributed by atoms with Crippen LogP contribution in [0.5, 0.6) is 0 Å².